The third-order valence-corrected chi connectivity index (χ3v) is 3.54. The Bertz CT molecular complexity index is 531. The fraction of sp³-hybridized carbons (Fsp3) is 0.400. The van der Waals surface area contributed by atoms with Crippen molar-refractivity contribution in [2.45, 2.75) is 25.7 Å². The maximum absolute atomic E-state index is 8.69. The summed E-state index contributed by atoms with van der Waals surface area (Å²) < 4.78 is 1.08. The third-order valence-electron chi connectivity index (χ3n) is 3.04. The van der Waals surface area contributed by atoms with Crippen LogP contribution in [0.25, 0.3) is 10.9 Å². The molecule has 3 nitrogen and oxygen atoms in total. The van der Waals surface area contributed by atoms with E-state index in [0.717, 1.165) is 53.4 Å². The highest BCUT2D eigenvalue weighted by atomic mass is 79.9. The number of aliphatic hydroxyl groups excluding tert-OH is 1. The number of aromatic nitrogens is 1. The van der Waals surface area contributed by atoms with Crippen molar-refractivity contribution in [1.29, 1.82) is 0 Å². The van der Waals surface area contributed by atoms with Crippen LogP contribution in [0.1, 0.15) is 25.7 Å². The van der Waals surface area contributed by atoms with E-state index in [9.17, 15) is 0 Å². The number of pyridine rings is 1. The molecule has 0 radical (unpaired) electrons. The number of rotatable bonds is 7. The Labute approximate surface area is 122 Å². The molecule has 0 bridgehead atoms. The highest BCUT2D eigenvalue weighted by Crippen LogP contribution is 2.20. The summed E-state index contributed by atoms with van der Waals surface area (Å²) in [5.74, 6) is 0.928. The van der Waals surface area contributed by atoms with Crippen LogP contribution in [0.15, 0.2) is 34.8 Å². The first-order valence-electron chi connectivity index (χ1n) is 6.70. The van der Waals surface area contributed by atoms with Gasteiger partial charge in [-0.1, -0.05) is 28.8 Å². The molecule has 0 unspecified atom stereocenters. The Morgan fingerprint density at radius 2 is 1.89 bits per heavy atom. The zero-order valence-corrected chi connectivity index (χ0v) is 12.5. The molecule has 0 amide bonds. The summed E-state index contributed by atoms with van der Waals surface area (Å²) in [6, 6.07) is 10.2. The lowest BCUT2D eigenvalue weighted by atomic mass is 10.2. The highest BCUT2D eigenvalue weighted by molar-refractivity contribution is 9.10. The van der Waals surface area contributed by atoms with Crippen LogP contribution in [-0.4, -0.2) is 23.2 Å². The maximum Gasteiger partial charge on any atom is 0.126 e. The number of nitrogens with one attached hydrogen (secondary N) is 1. The largest absolute Gasteiger partial charge is 0.396 e. The minimum absolute atomic E-state index is 0.301. The maximum atomic E-state index is 8.69. The molecule has 0 saturated heterocycles. The number of fused-ring (bicyclic) bond motifs is 1. The zero-order chi connectivity index (χ0) is 13.5. The van der Waals surface area contributed by atoms with E-state index in [1.54, 1.807) is 0 Å². The summed E-state index contributed by atoms with van der Waals surface area (Å²) in [6.45, 7) is 1.23. The second-order valence-electron chi connectivity index (χ2n) is 4.60. The Morgan fingerprint density at radius 1 is 1.05 bits per heavy atom. The van der Waals surface area contributed by atoms with Crippen LogP contribution in [-0.2, 0) is 0 Å². The number of halogens is 1. The minimum atomic E-state index is 0.301. The number of unbranched alkanes of at least 4 members (excludes halogenated alkanes) is 3. The lowest BCUT2D eigenvalue weighted by Crippen LogP contribution is -2.03. The lowest BCUT2D eigenvalue weighted by Gasteiger charge is -2.06. The SMILES string of the molecule is OCCCCCCNc1ccc2cc(Br)ccc2n1. The fourth-order valence-corrected chi connectivity index (χ4v) is 2.38. The van der Waals surface area contributed by atoms with Gasteiger partial charge in [0, 0.05) is 23.0 Å². The van der Waals surface area contributed by atoms with Gasteiger partial charge in [-0.2, -0.15) is 0 Å². The summed E-state index contributed by atoms with van der Waals surface area (Å²) >= 11 is 3.46. The van der Waals surface area contributed by atoms with Gasteiger partial charge in [-0.05, 0) is 43.2 Å². The van der Waals surface area contributed by atoms with Crippen LogP contribution in [0.2, 0.25) is 0 Å². The van der Waals surface area contributed by atoms with E-state index in [1.807, 2.05) is 18.2 Å². The second kappa shape index (κ2) is 7.46. The summed E-state index contributed by atoms with van der Waals surface area (Å²) in [4.78, 5) is 4.58. The zero-order valence-electron chi connectivity index (χ0n) is 10.9. The van der Waals surface area contributed by atoms with Crippen molar-refractivity contribution < 1.29 is 5.11 Å². The van der Waals surface area contributed by atoms with Crippen molar-refractivity contribution in [2.75, 3.05) is 18.5 Å². The van der Waals surface area contributed by atoms with Crippen LogP contribution in [0.3, 0.4) is 0 Å². The number of hydrogen-bond acceptors (Lipinski definition) is 3. The number of benzene rings is 1. The Hall–Kier alpha value is -1.13. The number of hydrogen-bond donors (Lipinski definition) is 2. The molecule has 0 aliphatic heterocycles. The molecule has 1 aromatic heterocycles. The topological polar surface area (TPSA) is 45.1 Å². The molecule has 0 spiro atoms. The predicted octanol–water partition coefficient (Wildman–Crippen LogP) is 3.96. The van der Waals surface area contributed by atoms with E-state index in [4.69, 9.17) is 5.11 Å². The van der Waals surface area contributed by atoms with Crippen molar-refractivity contribution in [3.8, 4) is 0 Å². The number of nitrogens with zero attached hydrogens (tertiary/aromatic N) is 1. The summed E-state index contributed by atoms with van der Waals surface area (Å²) in [6.07, 6.45) is 4.26. The smallest absolute Gasteiger partial charge is 0.126 e. The predicted molar refractivity (Wildman–Crippen MR) is 83.5 cm³/mol. The van der Waals surface area contributed by atoms with Gasteiger partial charge in [0.05, 0.1) is 5.52 Å². The van der Waals surface area contributed by atoms with Crippen LogP contribution >= 0.6 is 15.9 Å². The molecule has 19 heavy (non-hydrogen) atoms. The van der Waals surface area contributed by atoms with Gasteiger partial charge in [-0.25, -0.2) is 4.98 Å². The molecule has 2 rings (SSSR count). The van der Waals surface area contributed by atoms with Crippen molar-refractivity contribution in [3.05, 3.63) is 34.8 Å². The quantitative estimate of drug-likeness (QED) is 0.758. The fourth-order valence-electron chi connectivity index (χ4n) is 2.00. The Kier molecular flexibility index (Phi) is 5.61. The molecule has 2 aromatic rings. The van der Waals surface area contributed by atoms with Crippen molar-refractivity contribution in [1.82, 2.24) is 4.98 Å². The molecule has 0 aliphatic rings. The molecule has 2 N–H and O–H groups in total. The van der Waals surface area contributed by atoms with Gasteiger partial charge in [0.25, 0.3) is 0 Å². The van der Waals surface area contributed by atoms with Gasteiger partial charge < -0.3 is 10.4 Å². The van der Waals surface area contributed by atoms with Crippen molar-refractivity contribution in [3.63, 3.8) is 0 Å². The van der Waals surface area contributed by atoms with E-state index in [-0.39, 0.29) is 0 Å². The van der Waals surface area contributed by atoms with Gasteiger partial charge in [-0.3, -0.25) is 0 Å². The van der Waals surface area contributed by atoms with Gasteiger partial charge in [0.1, 0.15) is 5.82 Å². The molecule has 0 atom stereocenters. The summed E-state index contributed by atoms with van der Waals surface area (Å²) in [5, 5.41) is 13.2. The average molecular weight is 323 g/mol. The molecular weight excluding hydrogens is 304 g/mol. The molecule has 1 heterocycles. The van der Waals surface area contributed by atoms with Crippen LogP contribution in [0.5, 0.6) is 0 Å². The Morgan fingerprint density at radius 3 is 2.74 bits per heavy atom. The van der Waals surface area contributed by atoms with Crippen LogP contribution in [0, 0.1) is 0 Å². The first-order valence-corrected chi connectivity index (χ1v) is 7.50. The average Bonchev–Trinajstić information content (AvgIpc) is 2.43. The first-order chi connectivity index (χ1) is 9.29. The first kappa shape index (κ1) is 14.3. The van der Waals surface area contributed by atoms with E-state index in [1.165, 1.54) is 0 Å². The van der Waals surface area contributed by atoms with Gasteiger partial charge in [-0.15, -0.1) is 0 Å². The van der Waals surface area contributed by atoms with Crippen molar-refractivity contribution in [2.24, 2.45) is 0 Å². The number of aliphatic hydroxyl groups is 1. The molecule has 1 aromatic carbocycles. The molecule has 0 fully saturated rings. The van der Waals surface area contributed by atoms with Crippen LogP contribution < -0.4 is 5.32 Å². The van der Waals surface area contributed by atoms with Crippen LogP contribution in [0.4, 0.5) is 5.82 Å². The standard InChI is InChI=1S/C15H19BrN2O/c16-13-6-7-14-12(11-13)5-8-15(18-14)17-9-3-1-2-4-10-19/h5-8,11,19H,1-4,9-10H2,(H,17,18). The number of anilines is 1. The van der Waals surface area contributed by atoms with E-state index >= 15 is 0 Å². The molecule has 0 aliphatic carbocycles. The van der Waals surface area contributed by atoms with E-state index < -0.39 is 0 Å². The lowest BCUT2D eigenvalue weighted by molar-refractivity contribution is 0.283. The van der Waals surface area contributed by atoms with Gasteiger partial charge in [0.2, 0.25) is 0 Å². The third kappa shape index (κ3) is 4.48. The summed E-state index contributed by atoms with van der Waals surface area (Å²) in [7, 11) is 0. The normalized spacial score (nSPS) is 10.8. The molecule has 102 valence electrons. The molecular formula is C15H19BrN2O. The Balaban J connectivity index is 1.86. The minimum Gasteiger partial charge on any atom is -0.396 e. The van der Waals surface area contributed by atoms with Crippen molar-refractivity contribution >= 4 is 32.7 Å². The summed E-state index contributed by atoms with van der Waals surface area (Å²) in [5.41, 5.74) is 1.01. The van der Waals surface area contributed by atoms with E-state index in [0.29, 0.717) is 6.61 Å². The molecule has 0 saturated carbocycles. The molecule has 4 heteroatoms. The van der Waals surface area contributed by atoms with E-state index in [2.05, 4.69) is 38.4 Å². The van der Waals surface area contributed by atoms with Gasteiger partial charge in [0.15, 0.2) is 0 Å². The monoisotopic (exact) mass is 322 g/mol. The van der Waals surface area contributed by atoms with Gasteiger partial charge >= 0.3 is 0 Å². The second-order valence-corrected chi connectivity index (χ2v) is 5.51. The highest BCUT2D eigenvalue weighted by Gasteiger charge is 1.98.